The van der Waals surface area contributed by atoms with Gasteiger partial charge in [-0.3, -0.25) is 0 Å². The van der Waals surface area contributed by atoms with Gasteiger partial charge in [-0.1, -0.05) is 24.6 Å². The Hall–Kier alpha value is -1.81. The Morgan fingerprint density at radius 2 is 2.25 bits per heavy atom. The van der Waals surface area contributed by atoms with Gasteiger partial charge < -0.3 is 14.6 Å². The second-order valence-corrected chi connectivity index (χ2v) is 5.01. The zero-order valence-electron chi connectivity index (χ0n) is 12.5. The summed E-state index contributed by atoms with van der Waals surface area (Å²) in [7, 11) is 1.72. The number of hydrogen-bond acceptors (Lipinski definition) is 3. The molecule has 0 saturated carbocycles. The van der Waals surface area contributed by atoms with Crippen molar-refractivity contribution in [2.45, 2.75) is 32.9 Å². The van der Waals surface area contributed by atoms with Crippen LogP contribution < -0.4 is 10.1 Å². The molecule has 0 aliphatic rings. The summed E-state index contributed by atoms with van der Waals surface area (Å²) < 4.78 is 7.61. The monoisotopic (exact) mass is 273 g/mol. The lowest BCUT2D eigenvalue weighted by Crippen LogP contribution is -2.26. The Kier molecular flexibility index (Phi) is 5.18. The van der Waals surface area contributed by atoms with Crippen molar-refractivity contribution in [2.24, 2.45) is 0 Å². The number of rotatable bonds is 7. The summed E-state index contributed by atoms with van der Waals surface area (Å²) >= 11 is 0. The minimum Gasteiger partial charge on any atom is -0.496 e. The van der Waals surface area contributed by atoms with Gasteiger partial charge in [0.15, 0.2) is 0 Å². The molecule has 108 valence electrons. The molecule has 2 aromatic rings. The number of hydrogen-bond donors (Lipinski definition) is 1. The Morgan fingerprint density at radius 3 is 2.90 bits per heavy atom. The molecule has 4 heteroatoms. The first-order valence-corrected chi connectivity index (χ1v) is 7.08. The van der Waals surface area contributed by atoms with E-state index in [0.29, 0.717) is 0 Å². The topological polar surface area (TPSA) is 39.1 Å². The number of ether oxygens (including phenoxy) is 1. The summed E-state index contributed by atoms with van der Waals surface area (Å²) in [5.74, 6) is 0.935. The van der Waals surface area contributed by atoms with E-state index < -0.39 is 0 Å². The average molecular weight is 273 g/mol. The lowest BCUT2D eigenvalue weighted by molar-refractivity contribution is 0.388. The van der Waals surface area contributed by atoms with E-state index in [9.17, 15) is 0 Å². The molecule has 4 nitrogen and oxygen atoms in total. The lowest BCUT2D eigenvalue weighted by atomic mass is 10.0. The van der Waals surface area contributed by atoms with Gasteiger partial charge in [-0.2, -0.15) is 0 Å². The van der Waals surface area contributed by atoms with Crippen LogP contribution >= 0.6 is 0 Å². The average Bonchev–Trinajstić information content (AvgIpc) is 2.96. The molecular weight excluding hydrogens is 250 g/mol. The molecular formula is C16H23N3O. The molecule has 0 aliphatic carbocycles. The molecule has 0 fully saturated rings. The second-order valence-electron chi connectivity index (χ2n) is 5.01. The Morgan fingerprint density at radius 1 is 1.40 bits per heavy atom. The molecule has 0 spiro atoms. The standard InChI is InChI=1S/C16H23N3O/c1-4-7-18-15(11-19-9-8-17-12-19)14-10-13(2)5-6-16(14)20-3/h5-6,8-10,12,15,18H,4,7,11H2,1-3H3. The van der Waals surface area contributed by atoms with Crippen molar-refractivity contribution < 1.29 is 4.74 Å². The van der Waals surface area contributed by atoms with Gasteiger partial charge in [-0.05, 0) is 26.0 Å². The van der Waals surface area contributed by atoms with E-state index in [2.05, 4.69) is 40.8 Å². The molecule has 1 atom stereocenters. The maximum absolute atomic E-state index is 5.52. The Labute approximate surface area is 120 Å². The first kappa shape index (κ1) is 14.6. The molecule has 1 heterocycles. The Bertz CT molecular complexity index is 523. The fourth-order valence-electron chi connectivity index (χ4n) is 2.32. The highest BCUT2D eigenvalue weighted by Crippen LogP contribution is 2.27. The molecule has 1 unspecified atom stereocenters. The van der Waals surface area contributed by atoms with Crippen LogP contribution in [0.5, 0.6) is 5.75 Å². The summed E-state index contributed by atoms with van der Waals surface area (Å²) in [6.07, 6.45) is 6.75. The zero-order valence-corrected chi connectivity index (χ0v) is 12.5. The first-order valence-electron chi connectivity index (χ1n) is 7.08. The summed E-state index contributed by atoms with van der Waals surface area (Å²) in [4.78, 5) is 4.11. The van der Waals surface area contributed by atoms with Crippen LogP contribution in [0.2, 0.25) is 0 Å². The van der Waals surface area contributed by atoms with Gasteiger partial charge in [0.2, 0.25) is 0 Å². The molecule has 1 aromatic heterocycles. The third-order valence-electron chi connectivity index (χ3n) is 3.35. The fraction of sp³-hybridized carbons (Fsp3) is 0.438. The maximum atomic E-state index is 5.52. The highest BCUT2D eigenvalue weighted by atomic mass is 16.5. The molecule has 2 rings (SSSR count). The van der Waals surface area contributed by atoms with Crippen molar-refractivity contribution in [3.63, 3.8) is 0 Å². The van der Waals surface area contributed by atoms with Gasteiger partial charge in [-0.15, -0.1) is 0 Å². The van der Waals surface area contributed by atoms with Crippen molar-refractivity contribution in [2.75, 3.05) is 13.7 Å². The minimum absolute atomic E-state index is 0.221. The third kappa shape index (κ3) is 3.61. The summed E-state index contributed by atoms with van der Waals surface area (Å²) in [5, 5.41) is 3.60. The van der Waals surface area contributed by atoms with E-state index in [0.717, 1.165) is 25.3 Å². The zero-order chi connectivity index (χ0) is 14.4. The van der Waals surface area contributed by atoms with Gasteiger partial charge >= 0.3 is 0 Å². The van der Waals surface area contributed by atoms with Crippen LogP contribution in [0.1, 0.15) is 30.5 Å². The summed E-state index contributed by atoms with van der Waals surface area (Å²) in [6, 6.07) is 6.54. The predicted molar refractivity (Wildman–Crippen MR) is 81.0 cm³/mol. The van der Waals surface area contributed by atoms with Crippen LogP contribution in [-0.2, 0) is 6.54 Å². The number of methoxy groups -OCH3 is 1. The van der Waals surface area contributed by atoms with Crippen molar-refractivity contribution in [3.05, 3.63) is 48.0 Å². The van der Waals surface area contributed by atoms with Crippen LogP contribution in [0, 0.1) is 6.92 Å². The largest absolute Gasteiger partial charge is 0.496 e. The quantitative estimate of drug-likeness (QED) is 0.843. The number of imidazole rings is 1. The number of benzene rings is 1. The van der Waals surface area contributed by atoms with E-state index in [1.54, 1.807) is 7.11 Å². The molecule has 0 amide bonds. The number of aromatic nitrogens is 2. The maximum Gasteiger partial charge on any atom is 0.123 e. The SMILES string of the molecule is CCCNC(Cn1ccnc1)c1cc(C)ccc1OC. The van der Waals surface area contributed by atoms with Crippen molar-refractivity contribution in [1.29, 1.82) is 0 Å². The van der Waals surface area contributed by atoms with E-state index in [4.69, 9.17) is 4.74 Å². The van der Waals surface area contributed by atoms with E-state index in [-0.39, 0.29) is 6.04 Å². The smallest absolute Gasteiger partial charge is 0.123 e. The fourth-order valence-corrected chi connectivity index (χ4v) is 2.32. The lowest BCUT2D eigenvalue weighted by Gasteiger charge is -2.22. The summed E-state index contributed by atoms with van der Waals surface area (Å²) in [6.45, 7) is 6.11. The highest BCUT2D eigenvalue weighted by molar-refractivity contribution is 5.39. The van der Waals surface area contributed by atoms with E-state index in [1.807, 2.05) is 24.8 Å². The number of nitrogens with one attached hydrogen (secondary N) is 1. The second kappa shape index (κ2) is 7.10. The predicted octanol–water partition coefficient (Wildman–Crippen LogP) is 2.94. The minimum atomic E-state index is 0.221. The molecule has 20 heavy (non-hydrogen) atoms. The van der Waals surface area contributed by atoms with E-state index >= 15 is 0 Å². The van der Waals surface area contributed by atoms with Crippen LogP contribution in [0.3, 0.4) is 0 Å². The molecule has 1 aromatic carbocycles. The van der Waals surface area contributed by atoms with Crippen LogP contribution in [-0.4, -0.2) is 23.2 Å². The van der Waals surface area contributed by atoms with Crippen molar-refractivity contribution in [1.82, 2.24) is 14.9 Å². The van der Waals surface area contributed by atoms with Crippen LogP contribution in [0.4, 0.5) is 0 Å². The van der Waals surface area contributed by atoms with Gasteiger partial charge in [0, 0.05) is 24.5 Å². The van der Waals surface area contributed by atoms with Crippen molar-refractivity contribution in [3.8, 4) is 5.75 Å². The normalized spacial score (nSPS) is 12.3. The van der Waals surface area contributed by atoms with Gasteiger partial charge in [0.05, 0.1) is 19.5 Å². The summed E-state index contributed by atoms with van der Waals surface area (Å²) in [5.41, 5.74) is 2.45. The van der Waals surface area contributed by atoms with Gasteiger partial charge in [0.25, 0.3) is 0 Å². The molecule has 0 bridgehead atoms. The third-order valence-corrected chi connectivity index (χ3v) is 3.35. The van der Waals surface area contributed by atoms with Gasteiger partial charge in [-0.25, -0.2) is 4.98 Å². The van der Waals surface area contributed by atoms with Gasteiger partial charge in [0.1, 0.15) is 5.75 Å². The van der Waals surface area contributed by atoms with Crippen molar-refractivity contribution >= 4 is 0 Å². The molecule has 0 radical (unpaired) electrons. The molecule has 0 saturated heterocycles. The molecule has 1 N–H and O–H groups in total. The highest BCUT2D eigenvalue weighted by Gasteiger charge is 2.16. The molecule has 0 aliphatic heterocycles. The first-order chi connectivity index (χ1) is 9.74. The Balaban J connectivity index is 2.27. The number of aryl methyl sites for hydroxylation is 1. The van der Waals surface area contributed by atoms with Crippen LogP contribution in [0.25, 0.3) is 0 Å². The number of nitrogens with zero attached hydrogens (tertiary/aromatic N) is 2. The van der Waals surface area contributed by atoms with Crippen LogP contribution in [0.15, 0.2) is 36.9 Å². The van der Waals surface area contributed by atoms with E-state index in [1.165, 1.54) is 11.1 Å².